The maximum absolute atomic E-state index is 11.9. The van der Waals surface area contributed by atoms with Crippen LogP contribution in [0.4, 0.5) is 0 Å². The van der Waals surface area contributed by atoms with Gasteiger partial charge in [-0.2, -0.15) is 0 Å². The van der Waals surface area contributed by atoms with Crippen molar-refractivity contribution in [2.75, 3.05) is 14.2 Å². The molecule has 96 valence electrons. The van der Waals surface area contributed by atoms with Crippen LogP contribution in [0.5, 0.6) is 0 Å². The number of fused-ring (bicyclic) bond motifs is 2. The summed E-state index contributed by atoms with van der Waals surface area (Å²) in [4.78, 5) is 23.7. The van der Waals surface area contributed by atoms with E-state index in [2.05, 4.69) is 0 Å². The van der Waals surface area contributed by atoms with Gasteiger partial charge in [0.1, 0.15) is 11.8 Å². The first-order valence-corrected chi connectivity index (χ1v) is 5.74. The molecule has 0 saturated carbocycles. The van der Waals surface area contributed by atoms with Crippen molar-refractivity contribution in [3.05, 3.63) is 0 Å². The molecule has 0 amide bonds. The van der Waals surface area contributed by atoms with E-state index in [0.717, 1.165) is 12.8 Å². The van der Waals surface area contributed by atoms with E-state index in [-0.39, 0.29) is 0 Å². The number of esters is 2. The molecule has 0 aromatic heterocycles. The molecule has 0 aromatic carbocycles. The van der Waals surface area contributed by atoms with Gasteiger partial charge in [0, 0.05) is 0 Å². The fourth-order valence-corrected chi connectivity index (χ4v) is 3.30. The molecule has 2 fully saturated rings. The summed E-state index contributed by atoms with van der Waals surface area (Å²) in [6, 6.07) is 0. The number of rotatable bonds is 2. The van der Waals surface area contributed by atoms with Crippen LogP contribution in [0.2, 0.25) is 0 Å². The highest BCUT2D eigenvalue weighted by molar-refractivity contribution is 5.85. The van der Waals surface area contributed by atoms with E-state index in [1.807, 2.05) is 13.8 Å². The van der Waals surface area contributed by atoms with E-state index in [0.29, 0.717) is 0 Å². The van der Waals surface area contributed by atoms with E-state index in [1.165, 1.54) is 14.2 Å². The Kier molecular flexibility index (Phi) is 2.69. The van der Waals surface area contributed by atoms with Gasteiger partial charge >= 0.3 is 11.9 Å². The van der Waals surface area contributed by atoms with Gasteiger partial charge in [0.05, 0.1) is 25.4 Å². The summed E-state index contributed by atoms with van der Waals surface area (Å²) in [5.41, 5.74) is -1.22. The van der Waals surface area contributed by atoms with Crippen LogP contribution in [0, 0.1) is 11.8 Å². The lowest BCUT2D eigenvalue weighted by Crippen LogP contribution is -2.47. The molecule has 2 aliphatic rings. The Morgan fingerprint density at radius 1 is 1.00 bits per heavy atom. The second-order valence-electron chi connectivity index (χ2n) is 5.23. The standard InChI is InChI=1S/C12H18O5/c1-11-5-6-12(2,17-11)8(10(14)16-4)7(11)9(13)15-3/h7-8H,5-6H2,1-4H3/t7-,8-,11-,12-/m1/s1. The van der Waals surface area contributed by atoms with Crippen LogP contribution in [0.15, 0.2) is 0 Å². The highest BCUT2D eigenvalue weighted by Gasteiger charge is 2.68. The van der Waals surface area contributed by atoms with Crippen molar-refractivity contribution in [1.82, 2.24) is 0 Å². The Hall–Kier alpha value is -1.10. The van der Waals surface area contributed by atoms with Gasteiger partial charge in [0.25, 0.3) is 0 Å². The van der Waals surface area contributed by atoms with Crippen LogP contribution >= 0.6 is 0 Å². The van der Waals surface area contributed by atoms with Crippen LogP contribution in [0.1, 0.15) is 26.7 Å². The average Bonchev–Trinajstić information content (AvgIpc) is 2.72. The zero-order chi connectivity index (χ0) is 12.8. The van der Waals surface area contributed by atoms with Gasteiger partial charge in [-0.3, -0.25) is 9.59 Å². The summed E-state index contributed by atoms with van der Waals surface area (Å²) < 4.78 is 15.5. The molecule has 17 heavy (non-hydrogen) atoms. The Labute approximate surface area is 100 Å². The minimum Gasteiger partial charge on any atom is -0.469 e. The lowest BCUT2D eigenvalue weighted by molar-refractivity contribution is -0.160. The largest absolute Gasteiger partial charge is 0.469 e. The molecule has 2 heterocycles. The van der Waals surface area contributed by atoms with Gasteiger partial charge in [-0.1, -0.05) is 0 Å². The molecule has 0 aliphatic carbocycles. The maximum atomic E-state index is 11.9. The van der Waals surface area contributed by atoms with Crippen molar-refractivity contribution in [3.63, 3.8) is 0 Å². The predicted octanol–water partition coefficient (Wildman–Crippen LogP) is 0.906. The fraction of sp³-hybridized carbons (Fsp3) is 0.833. The molecule has 5 nitrogen and oxygen atoms in total. The van der Waals surface area contributed by atoms with Gasteiger partial charge in [0.2, 0.25) is 0 Å². The number of carbonyl (C=O) groups is 2. The minimum absolute atomic E-state index is 0.397. The van der Waals surface area contributed by atoms with Crippen LogP contribution < -0.4 is 0 Å². The molecule has 2 saturated heterocycles. The topological polar surface area (TPSA) is 61.8 Å². The quantitative estimate of drug-likeness (QED) is 0.673. The van der Waals surface area contributed by atoms with E-state index in [9.17, 15) is 9.59 Å². The summed E-state index contributed by atoms with van der Waals surface area (Å²) >= 11 is 0. The minimum atomic E-state index is -0.610. The van der Waals surface area contributed by atoms with E-state index < -0.39 is 35.0 Å². The monoisotopic (exact) mass is 242 g/mol. The molecular weight excluding hydrogens is 224 g/mol. The Morgan fingerprint density at radius 2 is 1.35 bits per heavy atom. The normalized spacial score (nSPS) is 43.5. The Balaban J connectivity index is 2.40. The Bertz CT molecular complexity index is 332. The number of ether oxygens (including phenoxy) is 3. The van der Waals surface area contributed by atoms with Crippen molar-refractivity contribution in [2.24, 2.45) is 11.8 Å². The van der Waals surface area contributed by atoms with Gasteiger partial charge < -0.3 is 14.2 Å². The molecule has 0 spiro atoms. The highest BCUT2D eigenvalue weighted by Crippen LogP contribution is 2.57. The van der Waals surface area contributed by atoms with Crippen LogP contribution in [-0.2, 0) is 23.8 Å². The third kappa shape index (κ3) is 1.56. The van der Waals surface area contributed by atoms with E-state index in [1.54, 1.807) is 0 Å². The third-order valence-electron chi connectivity index (χ3n) is 4.14. The van der Waals surface area contributed by atoms with Crippen molar-refractivity contribution in [3.8, 4) is 0 Å². The molecular formula is C12H18O5. The zero-order valence-electron chi connectivity index (χ0n) is 10.6. The average molecular weight is 242 g/mol. The van der Waals surface area contributed by atoms with E-state index >= 15 is 0 Å². The van der Waals surface area contributed by atoms with Gasteiger partial charge in [-0.25, -0.2) is 0 Å². The highest BCUT2D eigenvalue weighted by atomic mass is 16.6. The van der Waals surface area contributed by atoms with Crippen molar-refractivity contribution in [2.45, 2.75) is 37.9 Å². The van der Waals surface area contributed by atoms with Gasteiger partial charge in [-0.15, -0.1) is 0 Å². The maximum Gasteiger partial charge on any atom is 0.312 e. The predicted molar refractivity (Wildman–Crippen MR) is 58.1 cm³/mol. The summed E-state index contributed by atoms with van der Waals surface area (Å²) in [5, 5.41) is 0. The number of methoxy groups -OCH3 is 2. The summed E-state index contributed by atoms with van der Waals surface area (Å²) in [5.74, 6) is -1.94. The molecule has 2 rings (SSSR count). The van der Waals surface area contributed by atoms with Crippen LogP contribution in [0.3, 0.4) is 0 Å². The van der Waals surface area contributed by atoms with Crippen LogP contribution in [0.25, 0.3) is 0 Å². The first-order chi connectivity index (χ1) is 7.88. The molecule has 2 bridgehead atoms. The summed E-state index contributed by atoms with van der Waals surface area (Å²) in [7, 11) is 2.66. The lowest BCUT2D eigenvalue weighted by atomic mass is 9.67. The zero-order valence-corrected chi connectivity index (χ0v) is 10.6. The van der Waals surface area contributed by atoms with Crippen molar-refractivity contribution in [1.29, 1.82) is 0 Å². The number of hydrogen-bond acceptors (Lipinski definition) is 5. The first kappa shape index (κ1) is 12.4. The summed E-state index contributed by atoms with van der Waals surface area (Å²) in [6.07, 6.45) is 1.52. The lowest BCUT2D eigenvalue weighted by Gasteiger charge is -2.32. The molecule has 4 atom stereocenters. The number of hydrogen-bond donors (Lipinski definition) is 0. The van der Waals surface area contributed by atoms with E-state index in [4.69, 9.17) is 14.2 Å². The van der Waals surface area contributed by atoms with Crippen molar-refractivity contribution < 1.29 is 23.8 Å². The molecule has 2 aliphatic heterocycles. The molecule has 5 heteroatoms. The van der Waals surface area contributed by atoms with Crippen molar-refractivity contribution >= 4 is 11.9 Å². The molecule has 0 unspecified atom stereocenters. The SMILES string of the molecule is COC(=O)[C@H]1[C@H](C(=O)OC)[C@@]2(C)CC[C@@]1(C)O2. The third-order valence-corrected chi connectivity index (χ3v) is 4.14. The second kappa shape index (κ2) is 3.70. The number of carbonyl (C=O) groups excluding carboxylic acids is 2. The summed E-state index contributed by atoms with van der Waals surface area (Å²) in [6.45, 7) is 3.73. The fourth-order valence-electron chi connectivity index (χ4n) is 3.30. The van der Waals surface area contributed by atoms with Gasteiger partial charge in [0.15, 0.2) is 0 Å². The first-order valence-electron chi connectivity index (χ1n) is 5.74. The second-order valence-corrected chi connectivity index (χ2v) is 5.23. The van der Waals surface area contributed by atoms with Gasteiger partial charge in [-0.05, 0) is 26.7 Å². The molecule has 0 aromatic rings. The smallest absolute Gasteiger partial charge is 0.312 e. The molecule has 0 N–H and O–H groups in total. The van der Waals surface area contributed by atoms with Crippen LogP contribution in [-0.4, -0.2) is 37.4 Å². The Morgan fingerprint density at radius 3 is 1.65 bits per heavy atom. The molecule has 0 radical (unpaired) electrons.